The van der Waals surface area contributed by atoms with E-state index in [9.17, 15) is 0 Å². The van der Waals surface area contributed by atoms with Gasteiger partial charge in [0.15, 0.2) is 0 Å². The molecule has 0 heterocycles. The molecular formula is C62H47N. The monoisotopic (exact) mass is 805 g/mol. The molecule has 1 atom stereocenters. The lowest BCUT2D eigenvalue weighted by atomic mass is 9.69. The lowest BCUT2D eigenvalue weighted by Gasteiger charge is -2.34. The maximum atomic E-state index is 4.02. The molecule has 1 aliphatic rings. The van der Waals surface area contributed by atoms with Crippen molar-refractivity contribution in [3.05, 3.63) is 290 Å². The Kier molecular flexibility index (Phi) is 10.9. The van der Waals surface area contributed by atoms with E-state index in [1.807, 2.05) is 12.2 Å². The normalized spacial score (nSPS) is 14.3. The van der Waals surface area contributed by atoms with Crippen LogP contribution in [0.15, 0.2) is 267 Å². The Bertz CT molecular complexity index is 2970. The summed E-state index contributed by atoms with van der Waals surface area (Å²) in [5, 5.41) is 0. The van der Waals surface area contributed by atoms with Crippen LogP contribution in [0.5, 0.6) is 0 Å². The van der Waals surface area contributed by atoms with Crippen molar-refractivity contribution < 1.29 is 0 Å². The molecule has 0 fully saturated rings. The van der Waals surface area contributed by atoms with Gasteiger partial charge in [-0.25, -0.2) is 0 Å². The topological polar surface area (TPSA) is 3.24 Å². The first-order valence-electron chi connectivity index (χ1n) is 21.8. The summed E-state index contributed by atoms with van der Waals surface area (Å²) in [6.07, 6.45) is 9.26. The highest BCUT2D eigenvalue weighted by Gasteiger charge is 2.44. The lowest BCUT2D eigenvalue weighted by molar-refractivity contribution is 0.646. The predicted octanol–water partition coefficient (Wildman–Crippen LogP) is 16.7. The molecule has 0 saturated carbocycles. The van der Waals surface area contributed by atoms with Crippen LogP contribution in [-0.4, -0.2) is 0 Å². The molecule has 0 aromatic heterocycles. The van der Waals surface area contributed by atoms with Gasteiger partial charge in [0.1, 0.15) is 0 Å². The quantitative estimate of drug-likeness (QED) is 0.111. The van der Waals surface area contributed by atoms with E-state index in [0.29, 0.717) is 0 Å². The fourth-order valence-corrected chi connectivity index (χ4v) is 9.40. The molecule has 0 saturated heterocycles. The Hall–Kier alpha value is -8.00. The Balaban J connectivity index is 1.19. The van der Waals surface area contributed by atoms with E-state index in [-0.39, 0.29) is 0 Å². The number of hydrogen-bond acceptors (Lipinski definition) is 1. The van der Waals surface area contributed by atoms with Crippen LogP contribution in [-0.2, 0) is 5.41 Å². The maximum absolute atomic E-state index is 4.02. The number of anilines is 3. The molecular weight excluding hydrogens is 759 g/mol. The molecule has 1 nitrogen and oxygen atoms in total. The van der Waals surface area contributed by atoms with Crippen LogP contribution >= 0.6 is 0 Å². The number of allylic oxidation sites excluding steroid dienone is 5. The van der Waals surface area contributed by atoms with E-state index in [4.69, 9.17) is 0 Å². The third kappa shape index (κ3) is 7.67. The van der Waals surface area contributed by atoms with Crippen molar-refractivity contribution in [2.75, 3.05) is 4.90 Å². The number of nitrogens with zero attached hydrogens (tertiary/aromatic N) is 1. The van der Waals surface area contributed by atoms with Gasteiger partial charge in [-0.15, -0.1) is 0 Å². The Morgan fingerprint density at radius 3 is 1.48 bits per heavy atom. The summed E-state index contributed by atoms with van der Waals surface area (Å²) in [4.78, 5) is 2.41. The van der Waals surface area contributed by atoms with Gasteiger partial charge in [0.25, 0.3) is 0 Å². The molecule has 1 aliphatic carbocycles. The van der Waals surface area contributed by atoms with Crippen molar-refractivity contribution >= 4 is 22.6 Å². The number of fused-ring (bicyclic) bond motifs is 3. The van der Waals surface area contributed by atoms with Crippen molar-refractivity contribution in [3.63, 3.8) is 0 Å². The van der Waals surface area contributed by atoms with Gasteiger partial charge >= 0.3 is 0 Å². The Morgan fingerprint density at radius 2 is 0.889 bits per heavy atom. The molecule has 1 heteroatoms. The van der Waals surface area contributed by atoms with Gasteiger partial charge in [-0.2, -0.15) is 0 Å². The van der Waals surface area contributed by atoms with Crippen molar-refractivity contribution in [1.82, 2.24) is 0 Å². The lowest BCUT2D eigenvalue weighted by Crippen LogP contribution is -2.27. The first-order valence-corrected chi connectivity index (χ1v) is 21.8. The van der Waals surface area contributed by atoms with Gasteiger partial charge in [-0.05, 0) is 121 Å². The number of hydrogen-bond donors (Lipinski definition) is 0. The standard InChI is InChI=1S/C62H47N/c1-2-3-19-50(46-20-8-4-9-21-46)42-43-62(54-29-18-28-53(44-54)49-26-14-7-15-27-49)60-31-17-16-30-58(60)59-41-40-57(45-61(59)62)63(55-36-32-51(33-37-55)47-22-10-5-11-23-47)56-38-34-52(35-39-56)48-24-12-6-13-25-48/h2-42,44-45H,1,43H2/b19-3-,50-42+. The van der Waals surface area contributed by atoms with Crippen molar-refractivity contribution in [2.45, 2.75) is 11.8 Å². The molecule has 0 amide bonds. The van der Waals surface area contributed by atoms with E-state index in [1.165, 1.54) is 66.8 Å². The molecule has 9 aromatic rings. The van der Waals surface area contributed by atoms with Crippen molar-refractivity contribution in [1.29, 1.82) is 0 Å². The maximum Gasteiger partial charge on any atom is 0.0499 e. The van der Waals surface area contributed by atoms with Crippen LogP contribution in [0, 0.1) is 0 Å². The number of benzene rings is 9. The molecule has 9 aromatic carbocycles. The fourth-order valence-electron chi connectivity index (χ4n) is 9.40. The van der Waals surface area contributed by atoms with Crippen molar-refractivity contribution in [2.24, 2.45) is 0 Å². The van der Waals surface area contributed by atoms with Gasteiger partial charge in [-0.1, -0.05) is 225 Å². The third-order valence-electron chi connectivity index (χ3n) is 12.5. The van der Waals surface area contributed by atoms with E-state index in [1.54, 1.807) is 0 Å². The fraction of sp³-hybridized carbons (Fsp3) is 0.0323. The molecule has 0 aliphatic heterocycles. The molecule has 300 valence electrons. The van der Waals surface area contributed by atoms with Crippen LogP contribution < -0.4 is 4.90 Å². The van der Waals surface area contributed by atoms with Crippen LogP contribution in [0.25, 0.3) is 50.1 Å². The van der Waals surface area contributed by atoms with E-state index >= 15 is 0 Å². The Labute approximate surface area is 371 Å². The van der Waals surface area contributed by atoms with Crippen molar-refractivity contribution in [3.8, 4) is 44.5 Å². The average Bonchev–Trinajstić information content (AvgIpc) is 3.65. The smallest absolute Gasteiger partial charge is 0.0499 e. The van der Waals surface area contributed by atoms with Gasteiger partial charge in [-0.3, -0.25) is 0 Å². The second kappa shape index (κ2) is 17.5. The summed E-state index contributed by atoms with van der Waals surface area (Å²) >= 11 is 0. The molecule has 10 rings (SSSR count). The molecule has 0 radical (unpaired) electrons. The SMILES string of the molecule is C=C/C=C\C(=C/CC1(c2cccc(-c3ccccc3)c2)c2ccccc2-c2ccc(N(c3ccc(-c4ccccc4)cc3)c3ccc(-c4ccccc4)cc3)cc21)c1ccccc1. The summed E-state index contributed by atoms with van der Waals surface area (Å²) < 4.78 is 0. The van der Waals surface area contributed by atoms with E-state index < -0.39 is 5.41 Å². The third-order valence-corrected chi connectivity index (χ3v) is 12.5. The number of rotatable bonds is 12. The minimum absolute atomic E-state index is 0.519. The second-order valence-electron chi connectivity index (χ2n) is 16.1. The average molecular weight is 806 g/mol. The molecule has 0 N–H and O–H groups in total. The minimum atomic E-state index is -0.519. The molecule has 1 unspecified atom stereocenters. The zero-order valence-corrected chi connectivity index (χ0v) is 35.2. The highest BCUT2D eigenvalue weighted by molar-refractivity contribution is 5.89. The first kappa shape index (κ1) is 39.2. The van der Waals surface area contributed by atoms with Crippen LogP contribution in [0.2, 0.25) is 0 Å². The first-order chi connectivity index (χ1) is 31.2. The van der Waals surface area contributed by atoms with Gasteiger partial charge in [0, 0.05) is 22.5 Å². The highest BCUT2D eigenvalue weighted by Crippen LogP contribution is 2.56. The summed E-state index contributed by atoms with van der Waals surface area (Å²) in [5.41, 5.74) is 18.7. The zero-order valence-electron chi connectivity index (χ0n) is 35.2. The largest absolute Gasteiger partial charge is 0.310 e. The summed E-state index contributed by atoms with van der Waals surface area (Å²) in [6, 6.07) is 86.1. The van der Waals surface area contributed by atoms with Crippen LogP contribution in [0.4, 0.5) is 17.1 Å². The van der Waals surface area contributed by atoms with Gasteiger partial charge in [0.05, 0.1) is 0 Å². The minimum Gasteiger partial charge on any atom is -0.310 e. The highest BCUT2D eigenvalue weighted by atomic mass is 15.1. The molecule has 0 bridgehead atoms. The molecule has 0 spiro atoms. The van der Waals surface area contributed by atoms with Crippen LogP contribution in [0.1, 0.15) is 28.7 Å². The molecule has 63 heavy (non-hydrogen) atoms. The van der Waals surface area contributed by atoms with Crippen LogP contribution in [0.3, 0.4) is 0 Å². The van der Waals surface area contributed by atoms with Gasteiger partial charge in [0.2, 0.25) is 0 Å². The second-order valence-corrected chi connectivity index (χ2v) is 16.1. The summed E-state index contributed by atoms with van der Waals surface area (Å²) in [5.74, 6) is 0. The zero-order chi connectivity index (χ0) is 42.4. The van der Waals surface area contributed by atoms with E-state index in [2.05, 4.69) is 260 Å². The predicted molar refractivity (Wildman–Crippen MR) is 268 cm³/mol. The van der Waals surface area contributed by atoms with E-state index in [0.717, 1.165) is 29.1 Å². The summed E-state index contributed by atoms with van der Waals surface area (Å²) in [7, 11) is 0. The van der Waals surface area contributed by atoms with Gasteiger partial charge < -0.3 is 4.90 Å². The Morgan fingerprint density at radius 1 is 0.413 bits per heavy atom. The summed E-state index contributed by atoms with van der Waals surface area (Å²) in [6.45, 7) is 4.02.